The van der Waals surface area contributed by atoms with E-state index in [1.54, 1.807) is 13.2 Å². The SMILES string of the molecule is C=CN(C)/C=C\c1ccccc1C=NC. The highest BCUT2D eigenvalue weighted by atomic mass is 15.0. The lowest BCUT2D eigenvalue weighted by Crippen LogP contribution is -1.98. The molecule has 0 heterocycles. The van der Waals surface area contributed by atoms with Crippen molar-refractivity contribution in [1.82, 2.24) is 4.90 Å². The summed E-state index contributed by atoms with van der Waals surface area (Å²) in [5, 5.41) is 0. The molecule has 78 valence electrons. The Bertz CT molecular complexity index is 378. The molecule has 0 fully saturated rings. The van der Waals surface area contributed by atoms with E-state index < -0.39 is 0 Å². The van der Waals surface area contributed by atoms with Gasteiger partial charge in [-0.3, -0.25) is 4.99 Å². The summed E-state index contributed by atoms with van der Waals surface area (Å²) in [4.78, 5) is 5.92. The summed E-state index contributed by atoms with van der Waals surface area (Å²) in [7, 11) is 3.72. The summed E-state index contributed by atoms with van der Waals surface area (Å²) in [5.41, 5.74) is 2.27. The molecule has 0 radical (unpaired) electrons. The normalized spacial score (nSPS) is 11.1. The molecular formula is C13H16N2. The van der Waals surface area contributed by atoms with E-state index in [2.05, 4.69) is 17.6 Å². The van der Waals surface area contributed by atoms with E-state index in [-0.39, 0.29) is 0 Å². The van der Waals surface area contributed by atoms with Crippen molar-refractivity contribution >= 4 is 12.3 Å². The van der Waals surface area contributed by atoms with Gasteiger partial charge in [-0.1, -0.05) is 30.8 Å². The minimum absolute atomic E-state index is 1.12. The lowest BCUT2D eigenvalue weighted by Gasteiger charge is -2.06. The Balaban J connectivity index is 2.93. The van der Waals surface area contributed by atoms with Crippen LogP contribution in [0.15, 0.2) is 48.2 Å². The first-order valence-corrected chi connectivity index (χ1v) is 4.82. The van der Waals surface area contributed by atoms with Crippen molar-refractivity contribution in [3.05, 3.63) is 54.4 Å². The molecule has 0 bridgehead atoms. The van der Waals surface area contributed by atoms with Gasteiger partial charge in [0.15, 0.2) is 0 Å². The van der Waals surface area contributed by atoms with Crippen molar-refractivity contribution in [2.75, 3.05) is 14.1 Å². The molecule has 2 nitrogen and oxygen atoms in total. The van der Waals surface area contributed by atoms with Gasteiger partial charge in [0, 0.05) is 26.5 Å². The van der Waals surface area contributed by atoms with Crippen molar-refractivity contribution in [2.45, 2.75) is 0 Å². The van der Waals surface area contributed by atoms with Crippen LogP contribution in [0.4, 0.5) is 0 Å². The maximum atomic E-state index is 4.02. The van der Waals surface area contributed by atoms with Crippen LogP contribution in [0.5, 0.6) is 0 Å². The molecule has 0 aromatic heterocycles. The second kappa shape index (κ2) is 5.81. The highest BCUT2D eigenvalue weighted by Gasteiger charge is 1.93. The fourth-order valence-corrected chi connectivity index (χ4v) is 1.18. The van der Waals surface area contributed by atoms with Gasteiger partial charge >= 0.3 is 0 Å². The molecule has 1 aromatic carbocycles. The predicted molar refractivity (Wildman–Crippen MR) is 67.0 cm³/mol. The Labute approximate surface area is 91.3 Å². The molecule has 0 saturated carbocycles. The molecule has 0 atom stereocenters. The van der Waals surface area contributed by atoms with Gasteiger partial charge in [-0.05, 0) is 23.4 Å². The van der Waals surface area contributed by atoms with Crippen molar-refractivity contribution < 1.29 is 0 Å². The lowest BCUT2D eigenvalue weighted by molar-refractivity contribution is 0.632. The van der Waals surface area contributed by atoms with Gasteiger partial charge in [-0.15, -0.1) is 0 Å². The van der Waals surface area contributed by atoms with Crippen LogP contribution in [0.3, 0.4) is 0 Å². The van der Waals surface area contributed by atoms with Crippen LogP contribution in [0.1, 0.15) is 11.1 Å². The number of hydrogen-bond donors (Lipinski definition) is 0. The van der Waals surface area contributed by atoms with Gasteiger partial charge in [0.05, 0.1) is 0 Å². The Morgan fingerprint density at radius 2 is 1.93 bits per heavy atom. The standard InChI is InChI=1S/C13H16N2/c1-4-15(3)10-9-12-7-5-6-8-13(12)11-14-2/h4-11H,1H2,2-3H3/b10-9-,14-11?. The molecule has 1 aromatic rings. The molecule has 0 aliphatic rings. The first-order valence-electron chi connectivity index (χ1n) is 4.82. The van der Waals surface area contributed by atoms with Crippen LogP contribution in [0, 0.1) is 0 Å². The number of benzene rings is 1. The van der Waals surface area contributed by atoms with Crippen molar-refractivity contribution in [3.8, 4) is 0 Å². The smallest absolute Gasteiger partial charge is 0.0287 e. The Morgan fingerprint density at radius 1 is 1.27 bits per heavy atom. The van der Waals surface area contributed by atoms with Crippen LogP contribution in [-0.2, 0) is 0 Å². The second-order valence-electron chi connectivity index (χ2n) is 3.18. The predicted octanol–water partition coefficient (Wildman–Crippen LogP) is 2.78. The third-order valence-corrected chi connectivity index (χ3v) is 2.04. The Kier molecular flexibility index (Phi) is 4.35. The van der Waals surface area contributed by atoms with E-state index in [9.17, 15) is 0 Å². The number of rotatable bonds is 4. The molecule has 0 spiro atoms. The van der Waals surface area contributed by atoms with Crippen LogP contribution in [-0.4, -0.2) is 25.2 Å². The molecule has 0 aliphatic carbocycles. The summed E-state index contributed by atoms with van der Waals surface area (Å²) in [5.74, 6) is 0. The maximum absolute atomic E-state index is 4.02. The largest absolute Gasteiger partial charge is 0.358 e. The maximum Gasteiger partial charge on any atom is 0.0287 e. The van der Waals surface area contributed by atoms with Gasteiger partial charge in [0.1, 0.15) is 0 Å². The number of aliphatic imine (C=N–C) groups is 1. The van der Waals surface area contributed by atoms with Gasteiger partial charge in [-0.2, -0.15) is 0 Å². The number of nitrogens with zero attached hydrogens (tertiary/aromatic N) is 2. The first-order chi connectivity index (χ1) is 7.27. The summed E-state index contributed by atoms with van der Waals surface area (Å²) in [6.07, 6.45) is 7.62. The van der Waals surface area contributed by atoms with E-state index in [1.807, 2.05) is 48.6 Å². The third-order valence-electron chi connectivity index (χ3n) is 2.04. The summed E-state index contributed by atoms with van der Waals surface area (Å²) >= 11 is 0. The highest BCUT2D eigenvalue weighted by Crippen LogP contribution is 2.08. The second-order valence-corrected chi connectivity index (χ2v) is 3.18. The molecule has 0 N–H and O–H groups in total. The molecule has 0 unspecified atom stereocenters. The topological polar surface area (TPSA) is 15.6 Å². The first kappa shape index (κ1) is 11.2. The average molecular weight is 200 g/mol. The highest BCUT2D eigenvalue weighted by molar-refractivity contribution is 5.85. The zero-order valence-corrected chi connectivity index (χ0v) is 9.22. The van der Waals surface area contributed by atoms with E-state index in [0.29, 0.717) is 0 Å². The monoisotopic (exact) mass is 200 g/mol. The van der Waals surface area contributed by atoms with Gasteiger partial charge in [-0.25, -0.2) is 0 Å². The van der Waals surface area contributed by atoms with Gasteiger partial charge in [0.25, 0.3) is 0 Å². The zero-order chi connectivity index (χ0) is 11.1. The van der Waals surface area contributed by atoms with E-state index >= 15 is 0 Å². The minimum atomic E-state index is 1.12. The summed E-state index contributed by atoms with van der Waals surface area (Å²) in [6.45, 7) is 3.68. The molecule has 0 saturated heterocycles. The zero-order valence-electron chi connectivity index (χ0n) is 9.22. The molecule has 0 aliphatic heterocycles. The molecular weight excluding hydrogens is 184 g/mol. The van der Waals surface area contributed by atoms with Crippen LogP contribution in [0.25, 0.3) is 6.08 Å². The van der Waals surface area contributed by atoms with Crippen molar-refractivity contribution in [2.24, 2.45) is 4.99 Å². The van der Waals surface area contributed by atoms with E-state index in [1.165, 1.54) is 0 Å². The summed E-state index contributed by atoms with van der Waals surface area (Å²) < 4.78 is 0. The molecule has 15 heavy (non-hydrogen) atoms. The molecule has 1 rings (SSSR count). The van der Waals surface area contributed by atoms with E-state index in [0.717, 1.165) is 11.1 Å². The fourth-order valence-electron chi connectivity index (χ4n) is 1.18. The Morgan fingerprint density at radius 3 is 2.53 bits per heavy atom. The van der Waals surface area contributed by atoms with Crippen molar-refractivity contribution in [3.63, 3.8) is 0 Å². The molecule has 2 heteroatoms. The van der Waals surface area contributed by atoms with E-state index in [4.69, 9.17) is 0 Å². The number of hydrogen-bond acceptors (Lipinski definition) is 2. The third kappa shape index (κ3) is 3.43. The lowest BCUT2D eigenvalue weighted by atomic mass is 10.1. The summed E-state index contributed by atoms with van der Waals surface area (Å²) in [6, 6.07) is 8.12. The molecule has 0 amide bonds. The Hall–Kier alpha value is -1.83. The van der Waals surface area contributed by atoms with Crippen molar-refractivity contribution in [1.29, 1.82) is 0 Å². The fraction of sp³-hybridized carbons (Fsp3) is 0.154. The average Bonchev–Trinajstić information content (AvgIpc) is 2.28. The van der Waals surface area contributed by atoms with Gasteiger partial charge in [0.2, 0.25) is 0 Å². The van der Waals surface area contributed by atoms with Crippen LogP contribution in [0.2, 0.25) is 0 Å². The van der Waals surface area contributed by atoms with Crippen LogP contribution < -0.4 is 0 Å². The van der Waals surface area contributed by atoms with Crippen LogP contribution >= 0.6 is 0 Å². The quantitative estimate of drug-likeness (QED) is 0.682. The minimum Gasteiger partial charge on any atom is -0.358 e. The van der Waals surface area contributed by atoms with Gasteiger partial charge < -0.3 is 4.90 Å².